The summed E-state index contributed by atoms with van der Waals surface area (Å²) in [6.45, 7) is 7.22. The number of halogens is 1. The topological polar surface area (TPSA) is 52.6 Å². The van der Waals surface area contributed by atoms with Gasteiger partial charge in [-0.1, -0.05) is 36.4 Å². The van der Waals surface area contributed by atoms with Gasteiger partial charge in [-0.15, -0.1) is 24.0 Å². The lowest BCUT2D eigenvalue weighted by atomic mass is 10.2. The van der Waals surface area contributed by atoms with Crippen LogP contribution in [0.3, 0.4) is 0 Å². The van der Waals surface area contributed by atoms with E-state index in [1.165, 1.54) is 11.1 Å². The molecule has 1 aliphatic heterocycles. The van der Waals surface area contributed by atoms with Gasteiger partial charge in [-0.2, -0.15) is 0 Å². The number of hydrogen-bond donors (Lipinski definition) is 2. The molecule has 0 spiro atoms. The second-order valence-electron chi connectivity index (χ2n) is 7.40. The lowest BCUT2D eigenvalue weighted by Crippen LogP contribution is -2.45. The Morgan fingerprint density at radius 2 is 1.96 bits per heavy atom. The summed E-state index contributed by atoms with van der Waals surface area (Å²) in [5.41, 5.74) is 3.67. The minimum absolute atomic E-state index is 0. The number of hydrogen-bond acceptors (Lipinski definition) is 3. The third kappa shape index (κ3) is 6.74. The Bertz CT molecular complexity index is 732. The third-order valence-electron chi connectivity index (χ3n) is 5.18. The molecule has 2 N–H and O–H groups in total. The van der Waals surface area contributed by atoms with Gasteiger partial charge in [-0.25, -0.2) is 0 Å². The van der Waals surface area contributed by atoms with Crippen molar-refractivity contribution in [1.29, 1.82) is 0 Å². The van der Waals surface area contributed by atoms with E-state index in [-0.39, 0.29) is 24.0 Å². The Morgan fingerprint density at radius 3 is 2.64 bits per heavy atom. The molecule has 3 rings (SSSR count). The summed E-state index contributed by atoms with van der Waals surface area (Å²) < 4.78 is 0. The molecule has 1 aliphatic rings. The van der Waals surface area contributed by atoms with Crippen molar-refractivity contribution >= 4 is 29.9 Å². The standard InChI is InChI=1S/C22H31N5.HI/c1-17-9-10-19(14-25-17)11-12-24-22(23-3)26-21-13-18(2)27(16-21)15-20-7-5-4-6-8-20;/h4-10,14,18,21H,11-13,15-16H2,1-3H3,(H2,23,24,26);1H. The quantitative estimate of drug-likeness (QED) is 0.368. The van der Waals surface area contributed by atoms with Crippen LogP contribution >= 0.6 is 24.0 Å². The largest absolute Gasteiger partial charge is 0.356 e. The third-order valence-corrected chi connectivity index (χ3v) is 5.18. The van der Waals surface area contributed by atoms with Crippen molar-refractivity contribution in [3.63, 3.8) is 0 Å². The maximum absolute atomic E-state index is 4.39. The van der Waals surface area contributed by atoms with Gasteiger partial charge in [0.1, 0.15) is 0 Å². The van der Waals surface area contributed by atoms with Gasteiger partial charge < -0.3 is 10.6 Å². The van der Waals surface area contributed by atoms with Gasteiger partial charge in [0.2, 0.25) is 0 Å². The number of likely N-dealkylation sites (tertiary alicyclic amines) is 1. The highest BCUT2D eigenvalue weighted by Gasteiger charge is 2.29. The van der Waals surface area contributed by atoms with Crippen LogP contribution in [-0.2, 0) is 13.0 Å². The zero-order chi connectivity index (χ0) is 19.1. The molecule has 0 amide bonds. The first kappa shape index (κ1) is 22.6. The number of nitrogens with one attached hydrogen (secondary N) is 2. The Kier molecular flexibility index (Phi) is 9.18. The Balaban J connectivity index is 0.00000280. The summed E-state index contributed by atoms with van der Waals surface area (Å²) in [4.78, 5) is 11.3. The van der Waals surface area contributed by atoms with E-state index in [9.17, 15) is 0 Å². The smallest absolute Gasteiger partial charge is 0.191 e. The molecule has 1 fully saturated rings. The molecule has 1 aromatic carbocycles. The zero-order valence-electron chi connectivity index (χ0n) is 17.1. The number of aromatic nitrogens is 1. The van der Waals surface area contributed by atoms with Gasteiger partial charge >= 0.3 is 0 Å². The molecule has 1 saturated heterocycles. The minimum atomic E-state index is 0. The van der Waals surface area contributed by atoms with Gasteiger partial charge in [0, 0.05) is 50.7 Å². The van der Waals surface area contributed by atoms with E-state index in [1.54, 1.807) is 0 Å². The second kappa shape index (κ2) is 11.4. The molecule has 6 heteroatoms. The molecule has 0 radical (unpaired) electrons. The number of aryl methyl sites for hydroxylation is 1. The maximum Gasteiger partial charge on any atom is 0.191 e. The number of rotatable bonds is 6. The maximum atomic E-state index is 4.39. The first-order valence-electron chi connectivity index (χ1n) is 9.80. The molecule has 5 nitrogen and oxygen atoms in total. The number of pyridine rings is 1. The van der Waals surface area contributed by atoms with Crippen LogP contribution in [0.2, 0.25) is 0 Å². The van der Waals surface area contributed by atoms with E-state index in [2.05, 4.69) is 74.9 Å². The summed E-state index contributed by atoms with van der Waals surface area (Å²) >= 11 is 0. The van der Waals surface area contributed by atoms with E-state index in [0.717, 1.165) is 44.1 Å². The molecule has 1 aromatic heterocycles. The first-order valence-corrected chi connectivity index (χ1v) is 9.80. The van der Waals surface area contributed by atoms with Crippen LogP contribution in [0.15, 0.2) is 53.7 Å². The van der Waals surface area contributed by atoms with Gasteiger partial charge in [0.15, 0.2) is 5.96 Å². The molecular weight excluding hydrogens is 461 g/mol. The number of nitrogens with zero attached hydrogens (tertiary/aromatic N) is 3. The minimum Gasteiger partial charge on any atom is -0.356 e. The number of benzene rings is 1. The fourth-order valence-electron chi connectivity index (χ4n) is 3.60. The van der Waals surface area contributed by atoms with Gasteiger partial charge in [-0.05, 0) is 43.9 Å². The van der Waals surface area contributed by atoms with Crippen molar-refractivity contribution in [2.24, 2.45) is 4.99 Å². The van der Waals surface area contributed by atoms with E-state index < -0.39 is 0 Å². The molecule has 2 aromatic rings. The number of guanidine groups is 1. The van der Waals surface area contributed by atoms with E-state index >= 15 is 0 Å². The number of aliphatic imine (C=N–C) groups is 1. The molecule has 2 heterocycles. The lowest BCUT2D eigenvalue weighted by molar-refractivity contribution is 0.258. The van der Waals surface area contributed by atoms with Crippen LogP contribution in [0, 0.1) is 6.92 Å². The Hall–Kier alpha value is -1.67. The van der Waals surface area contributed by atoms with E-state index in [0.29, 0.717) is 12.1 Å². The van der Waals surface area contributed by atoms with Crippen molar-refractivity contribution in [2.45, 2.75) is 45.3 Å². The SMILES string of the molecule is CN=C(NCCc1ccc(C)nc1)NC1CC(C)N(Cc2ccccc2)C1.I. The fourth-order valence-corrected chi connectivity index (χ4v) is 3.60. The molecule has 152 valence electrons. The first-order chi connectivity index (χ1) is 13.1. The van der Waals surface area contributed by atoms with Gasteiger partial charge in [0.25, 0.3) is 0 Å². The van der Waals surface area contributed by atoms with Crippen molar-refractivity contribution in [3.05, 3.63) is 65.5 Å². The molecule has 0 saturated carbocycles. The fraction of sp³-hybridized carbons (Fsp3) is 0.455. The second-order valence-corrected chi connectivity index (χ2v) is 7.40. The van der Waals surface area contributed by atoms with Crippen molar-refractivity contribution in [3.8, 4) is 0 Å². The van der Waals surface area contributed by atoms with E-state index in [4.69, 9.17) is 0 Å². The van der Waals surface area contributed by atoms with Crippen molar-refractivity contribution in [1.82, 2.24) is 20.5 Å². The summed E-state index contributed by atoms with van der Waals surface area (Å²) in [5.74, 6) is 0.883. The molecular formula is C22H32IN5. The highest BCUT2D eigenvalue weighted by Crippen LogP contribution is 2.20. The molecule has 0 bridgehead atoms. The highest BCUT2D eigenvalue weighted by atomic mass is 127. The van der Waals surface area contributed by atoms with Crippen LogP contribution in [0.1, 0.15) is 30.2 Å². The summed E-state index contributed by atoms with van der Waals surface area (Å²) in [7, 11) is 1.84. The highest BCUT2D eigenvalue weighted by molar-refractivity contribution is 14.0. The van der Waals surface area contributed by atoms with Crippen LogP contribution in [-0.4, -0.2) is 48.1 Å². The Morgan fingerprint density at radius 1 is 1.18 bits per heavy atom. The van der Waals surface area contributed by atoms with Crippen LogP contribution in [0.4, 0.5) is 0 Å². The molecule has 2 atom stereocenters. The molecule has 28 heavy (non-hydrogen) atoms. The van der Waals surface area contributed by atoms with Crippen LogP contribution < -0.4 is 10.6 Å². The van der Waals surface area contributed by atoms with Gasteiger partial charge in [-0.3, -0.25) is 14.9 Å². The Labute approximate surface area is 186 Å². The predicted molar refractivity (Wildman–Crippen MR) is 127 cm³/mol. The summed E-state index contributed by atoms with van der Waals surface area (Å²) in [6.07, 6.45) is 4.03. The van der Waals surface area contributed by atoms with Crippen LogP contribution in [0.5, 0.6) is 0 Å². The van der Waals surface area contributed by atoms with Crippen LogP contribution in [0.25, 0.3) is 0 Å². The average Bonchev–Trinajstić information content (AvgIpc) is 3.02. The zero-order valence-corrected chi connectivity index (χ0v) is 19.4. The molecule has 2 unspecified atom stereocenters. The molecule has 0 aliphatic carbocycles. The van der Waals surface area contributed by atoms with Crippen molar-refractivity contribution in [2.75, 3.05) is 20.1 Å². The van der Waals surface area contributed by atoms with Crippen molar-refractivity contribution < 1.29 is 0 Å². The van der Waals surface area contributed by atoms with E-state index in [1.807, 2.05) is 20.2 Å². The lowest BCUT2D eigenvalue weighted by Gasteiger charge is -2.21. The summed E-state index contributed by atoms with van der Waals surface area (Å²) in [5, 5.41) is 7.02. The predicted octanol–water partition coefficient (Wildman–Crippen LogP) is 3.38. The monoisotopic (exact) mass is 493 g/mol. The average molecular weight is 493 g/mol. The summed E-state index contributed by atoms with van der Waals surface area (Å²) in [6, 6.07) is 15.9. The normalized spacial score (nSPS) is 19.9. The van der Waals surface area contributed by atoms with Gasteiger partial charge in [0.05, 0.1) is 0 Å².